The average Bonchev–Trinajstić information content (AvgIpc) is 3.48. The van der Waals surface area contributed by atoms with E-state index in [-0.39, 0.29) is 12.1 Å². The normalized spacial score (nSPS) is 21.1. The molecule has 3 heterocycles. The van der Waals surface area contributed by atoms with E-state index in [0.717, 1.165) is 16.5 Å². The highest BCUT2D eigenvalue weighted by Gasteiger charge is 2.42. The van der Waals surface area contributed by atoms with Gasteiger partial charge in [-0.05, 0) is 86.3 Å². The molecule has 4 nitrogen and oxygen atoms in total. The second-order valence-electron chi connectivity index (χ2n) is 9.17. The summed E-state index contributed by atoms with van der Waals surface area (Å²) in [5, 5.41) is 4.35. The first kappa shape index (κ1) is 20.3. The van der Waals surface area contributed by atoms with Crippen LogP contribution in [0.15, 0.2) is 54.7 Å². The van der Waals surface area contributed by atoms with Crippen LogP contribution in [0.3, 0.4) is 0 Å². The van der Waals surface area contributed by atoms with E-state index in [4.69, 9.17) is 12.2 Å². The number of benzene rings is 1. The zero-order valence-electron chi connectivity index (χ0n) is 18.7. The molecule has 5 heteroatoms. The van der Waals surface area contributed by atoms with Crippen LogP contribution in [0, 0.1) is 13.8 Å². The summed E-state index contributed by atoms with van der Waals surface area (Å²) in [5.74, 6) is 0.507. The van der Waals surface area contributed by atoms with Crippen LogP contribution in [0.4, 0.5) is 5.69 Å². The van der Waals surface area contributed by atoms with Gasteiger partial charge in [-0.2, -0.15) is 0 Å². The predicted molar refractivity (Wildman–Crippen MR) is 131 cm³/mol. The monoisotopic (exact) mass is 430 g/mol. The molecule has 3 aromatic rings. The number of aromatic nitrogens is 2. The number of aryl methyl sites for hydroxylation is 1. The number of rotatable bonds is 5. The third-order valence-corrected chi connectivity index (χ3v) is 7.00. The number of nitrogens with zero attached hydrogens (tertiary/aromatic N) is 3. The molecule has 2 aromatic heterocycles. The molecular weight excluding hydrogens is 400 g/mol. The first-order chi connectivity index (χ1) is 15.0. The summed E-state index contributed by atoms with van der Waals surface area (Å²) in [6, 6.07) is 18.1. The Morgan fingerprint density at radius 3 is 2.42 bits per heavy atom. The topological polar surface area (TPSA) is 33.1 Å². The molecule has 0 amide bonds. The van der Waals surface area contributed by atoms with E-state index in [2.05, 4.69) is 89.9 Å². The SMILES string of the molecule is Cc1cc([C@@H]2[C@H](c3ccccn3)NC(=S)N2c2ccc(C(C)C)cc2)c(C)n1C1CC1. The number of pyridine rings is 1. The maximum Gasteiger partial charge on any atom is 0.174 e. The van der Waals surface area contributed by atoms with Crippen LogP contribution in [0.2, 0.25) is 0 Å². The van der Waals surface area contributed by atoms with Gasteiger partial charge in [0.05, 0.1) is 17.8 Å². The van der Waals surface area contributed by atoms with E-state index < -0.39 is 0 Å². The summed E-state index contributed by atoms with van der Waals surface area (Å²) in [7, 11) is 0. The van der Waals surface area contributed by atoms with Gasteiger partial charge in [-0.1, -0.05) is 32.0 Å². The van der Waals surface area contributed by atoms with Crippen molar-refractivity contribution in [2.24, 2.45) is 0 Å². The highest BCUT2D eigenvalue weighted by atomic mass is 32.1. The first-order valence-electron chi connectivity index (χ1n) is 11.2. The van der Waals surface area contributed by atoms with Gasteiger partial charge in [0, 0.05) is 29.3 Å². The maximum atomic E-state index is 5.89. The van der Waals surface area contributed by atoms with Crippen LogP contribution in [-0.2, 0) is 0 Å². The minimum atomic E-state index is 0.00614. The van der Waals surface area contributed by atoms with Gasteiger partial charge < -0.3 is 14.8 Å². The molecule has 1 aromatic carbocycles. The van der Waals surface area contributed by atoms with Crippen molar-refractivity contribution in [2.45, 2.75) is 64.6 Å². The van der Waals surface area contributed by atoms with Crippen LogP contribution in [0.1, 0.15) is 78.9 Å². The Bertz CT molecular complexity index is 1100. The van der Waals surface area contributed by atoms with E-state index in [0.29, 0.717) is 12.0 Å². The number of hydrogen-bond donors (Lipinski definition) is 1. The molecule has 2 atom stereocenters. The van der Waals surface area contributed by atoms with Gasteiger partial charge >= 0.3 is 0 Å². The van der Waals surface area contributed by atoms with Gasteiger partial charge in [0.25, 0.3) is 0 Å². The van der Waals surface area contributed by atoms with Crippen LogP contribution in [-0.4, -0.2) is 14.7 Å². The van der Waals surface area contributed by atoms with Gasteiger partial charge in [0.15, 0.2) is 5.11 Å². The average molecular weight is 431 g/mol. The molecule has 2 aliphatic rings. The fourth-order valence-electron chi connectivity index (χ4n) is 4.97. The molecule has 160 valence electrons. The number of thiocarbonyl (C=S) groups is 1. The lowest BCUT2D eigenvalue weighted by atomic mass is 9.96. The molecule has 0 radical (unpaired) electrons. The van der Waals surface area contributed by atoms with Crippen molar-refractivity contribution >= 4 is 23.0 Å². The lowest BCUT2D eigenvalue weighted by Crippen LogP contribution is -2.29. The van der Waals surface area contributed by atoms with E-state index in [9.17, 15) is 0 Å². The number of anilines is 1. The van der Waals surface area contributed by atoms with E-state index in [1.165, 1.54) is 35.4 Å². The summed E-state index contributed by atoms with van der Waals surface area (Å²) >= 11 is 5.89. The Kier molecular flexibility index (Phi) is 5.09. The second-order valence-corrected chi connectivity index (χ2v) is 9.56. The van der Waals surface area contributed by atoms with Gasteiger partial charge in [-0.25, -0.2) is 0 Å². The van der Waals surface area contributed by atoms with Gasteiger partial charge in [-0.3, -0.25) is 4.98 Å². The minimum Gasteiger partial charge on any atom is -0.351 e. The lowest BCUT2D eigenvalue weighted by Gasteiger charge is -2.28. The summed E-state index contributed by atoms with van der Waals surface area (Å²) in [6.45, 7) is 8.94. The molecule has 0 spiro atoms. The van der Waals surface area contributed by atoms with Crippen molar-refractivity contribution in [2.75, 3.05) is 4.90 Å². The van der Waals surface area contributed by atoms with Crippen molar-refractivity contribution < 1.29 is 0 Å². The Balaban J connectivity index is 1.62. The van der Waals surface area contributed by atoms with E-state index in [1.54, 1.807) is 0 Å². The highest BCUT2D eigenvalue weighted by molar-refractivity contribution is 7.80. The summed E-state index contributed by atoms with van der Waals surface area (Å²) in [6.07, 6.45) is 4.42. The summed E-state index contributed by atoms with van der Waals surface area (Å²) in [5.41, 5.74) is 7.50. The van der Waals surface area contributed by atoms with E-state index in [1.807, 2.05) is 12.3 Å². The van der Waals surface area contributed by atoms with Crippen molar-refractivity contribution in [1.82, 2.24) is 14.9 Å². The van der Waals surface area contributed by atoms with Gasteiger partial charge in [0.1, 0.15) is 0 Å². The van der Waals surface area contributed by atoms with Crippen LogP contribution < -0.4 is 10.2 Å². The molecule has 0 unspecified atom stereocenters. The molecule has 0 bridgehead atoms. The first-order valence-corrected chi connectivity index (χ1v) is 11.7. The highest BCUT2D eigenvalue weighted by Crippen LogP contribution is 2.46. The zero-order chi connectivity index (χ0) is 21.7. The molecule has 31 heavy (non-hydrogen) atoms. The van der Waals surface area contributed by atoms with Crippen LogP contribution in [0.5, 0.6) is 0 Å². The molecule has 1 saturated carbocycles. The Labute approximate surface area is 190 Å². The maximum absolute atomic E-state index is 5.89. The molecule has 1 aliphatic heterocycles. The fraction of sp³-hybridized carbons (Fsp3) is 0.385. The molecule has 1 N–H and O–H groups in total. The van der Waals surface area contributed by atoms with Crippen molar-refractivity contribution in [3.05, 3.63) is 82.9 Å². The van der Waals surface area contributed by atoms with E-state index >= 15 is 0 Å². The molecule has 2 fully saturated rings. The van der Waals surface area contributed by atoms with Crippen molar-refractivity contribution in [3.8, 4) is 0 Å². The van der Waals surface area contributed by atoms with Crippen molar-refractivity contribution in [3.63, 3.8) is 0 Å². The number of hydrogen-bond acceptors (Lipinski definition) is 2. The van der Waals surface area contributed by atoms with Gasteiger partial charge in [-0.15, -0.1) is 0 Å². The quantitative estimate of drug-likeness (QED) is 0.493. The Hall–Kier alpha value is -2.66. The third kappa shape index (κ3) is 3.55. The zero-order valence-corrected chi connectivity index (χ0v) is 19.5. The molecule has 5 rings (SSSR count). The molecule has 1 aliphatic carbocycles. The third-order valence-electron chi connectivity index (χ3n) is 6.69. The van der Waals surface area contributed by atoms with Crippen molar-refractivity contribution in [1.29, 1.82) is 0 Å². The largest absolute Gasteiger partial charge is 0.351 e. The fourth-order valence-corrected chi connectivity index (χ4v) is 5.31. The predicted octanol–water partition coefficient (Wildman–Crippen LogP) is 6.14. The Morgan fingerprint density at radius 2 is 1.81 bits per heavy atom. The number of nitrogens with one attached hydrogen (secondary N) is 1. The lowest BCUT2D eigenvalue weighted by molar-refractivity contribution is 0.562. The van der Waals surface area contributed by atoms with Crippen LogP contribution in [0.25, 0.3) is 0 Å². The van der Waals surface area contributed by atoms with Gasteiger partial charge in [0.2, 0.25) is 0 Å². The minimum absolute atomic E-state index is 0.00614. The van der Waals surface area contributed by atoms with Crippen LogP contribution >= 0.6 is 12.2 Å². The summed E-state index contributed by atoms with van der Waals surface area (Å²) in [4.78, 5) is 6.98. The Morgan fingerprint density at radius 1 is 1.06 bits per heavy atom. The summed E-state index contributed by atoms with van der Waals surface area (Å²) < 4.78 is 2.52. The molecule has 1 saturated heterocycles. The standard InChI is InChI=1S/C26H30N4S/c1-16(2)19-8-10-21(11-9-19)30-25(22-15-17(3)29(18(22)4)20-12-13-20)24(28-26(30)31)23-7-5-6-14-27-23/h5-11,14-16,20,24-25H,12-13H2,1-4H3,(H,28,31)/t24-,25+/m0/s1. The second kappa shape index (κ2) is 7.79. The molecular formula is C26H30N4S. The smallest absolute Gasteiger partial charge is 0.174 e.